The Kier molecular flexibility index (Phi) is 5.83. The number of aryl methyl sites for hydroxylation is 1. The molecule has 1 N–H and O–H groups in total. The van der Waals surface area contributed by atoms with E-state index in [4.69, 9.17) is 4.74 Å². The molecule has 0 fully saturated rings. The van der Waals surface area contributed by atoms with Gasteiger partial charge in [-0.25, -0.2) is 0 Å². The Morgan fingerprint density at radius 2 is 1.82 bits per heavy atom. The van der Waals surface area contributed by atoms with Crippen molar-refractivity contribution in [2.24, 2.45) is 5.92 Å². The average Bonchev–Trinajstić information content (AvgIpc) is 2.66. The minimum Gasteiger partial charge on any atom is -0.497 e. The molecule has 0 aliphatic rings. The lowest BCUT2D eigenvalue weighted by atomic mass is 10.1. The summed E-state index contributed by atoms with van der Waals surface area (Å²) in [5.41, 5.74) is 3.02. The van der Waals surface area contributed by atoms with Crippen LogP contribution in [0.15, 0.2) is 53.3 Å². The molecule has 0 radical (unpaired) electrons. The fourth-order valence-electron chi connectivity index (χ4n) is 3.19. The molecule has 2 aromatic carbocycles. The largest absolute Gasteiger partial charge is 0.497 e. The minimum atomic E-state index is -0.172. The van der Waals surface area contributed by atoms with Crippen molar-refractivity contribution in [2.45, 2.75) is 33.7 Å². The molecule has 5 heteroatoms. The van der Waals surface area contributed by atoms with Crippen LogP contribution in [0.1, 0.15) is 31.4 Å². The Morgan fingerprint density at radius 1 is 1.11 bits per heavy atom. The third-order valence-corrected chi connectivity index (χ3v) is 4.67. The van der Waals surface area contributed by atoms with Crippen molar-refractivity contribution in [2.75, 3.05) is 12.0 Å². The van der Waals surface area contributed by atoms with Crippen LogP contribution in [-0.4, -0.2) is 18.0 Å². The van der Waals surface area contributed by atoms with Crippen LogP contribution in [0.3, 0.4) is 0 Å². The topological polar surface area (TPSA) is 62.4 Å². The van der Waals surface area contributed by atoms with Gasteiger partial charge >= 0.3 is 0 Å². The molecule has 1 aromatic heterocycles. The monoisotopic (exact) mass is 378 g/mol. The van der Waals surface area contributed by atoms with Crippen molar-refractivity contribution in [3.8, 4) is 5.75 Å². The second kappa shape index (κ2) is 8.30. The molecule has 146 valence electrons. The van der Waals surface area contributed by atoms with E-state index in [0.29, 0.717) is 12.0 Å². The van der Waals surface area contributed by atoms with Crippen molar-refractivity contribution >= 4 is 22.5 Å². The van der Waals surface area contributed by atoms with E-state index in [1.54, 1.807) is 12.0 Å². The highest BCUT2D eigenvalue weighted by atomic mass is 16.5. The van der Waals surface area contributed by atoms with Crippen molar-refractivity contribution in [3.05, 3.63) is 70.0 Å². The maximum atomic E-state index is 12.9. The SMILES string of the molecule is COc1ccc(N(Cc2cc3ccc(C)cc3[nH]c2=O)C(=O)CC(C)C)cc1. The van der Waals surface area contributed by atoms with Gasteiger partial charge in [0.2, 0.25) is 5.91 Å². The van der Waals surface area contributed by atoms with Crippen LogP contribution in [0.5, 0.6) is 5.75 Å². The summed E-state index contributed by atoms with van der Waals surface area (Å²) in [6.45, 7) is 6.23. The zero-order valence-corrected chi connectivity index (χ0v) is 16.8. The summed E-state index contributed by atoms with van der Waals surface area (Å²) >= 11 is 0. The maximum Gasteiger partial charge on any atom is 0.253 e. The fraction of sp³-hybridized carbons (Fsp3) is 0.304. The van der Waals surface area contributed by atoms with E-state index < -0.39 is 0 Å². The Hall–Kier alpha value is -3.08. The number of anilines is 1. The standard InChI is InChI=1S/C23H26N2O3/c1-15(2)11-22(26)25(19-7-9-20(28-4)10-8-19)14-18-13-17-6-5-16(3)12-21(17)24-23(18)27/h5-10,12-13,15H,11,14H2,1-4H3,(H,24,27). The summed E-state index contributed by atoms with van der Waals surface area (Å²) in [5.74, 6) is 0.939. The quantitative estimate of drug-likeness (QED) is 0.690. The number of amides is 1. The van der Waals surface area contributed by atoms with Gasteiger partial charge in [0.05, 0.1) is 13.7 Å². The minimum absolute atomic E-state index is 0.0106. The van der Waals surface area contributed by atoms with Crippen LogP contribution in [-0.2, 0) is 11.3 Å². The van der Waals surface area contributed by atoms with Gasteiger partial charge in [0.1, 0.15) is 5.75 Å². The van der Waals surface area contributed by atoms with Crippen molar-refractivity contribution in [1.29, 1.82) is 0 Å². The second-order valence-electron chi connectivity index (χ2n) is 7.49. The maximum absolute atomic E-state index is 12.9. The van der Waals surface area contributed by atoms with Gasteiger partial charge in [-0.1, -0.05) is 26.0 Å². The molecule has 0 aliphatic heterocycles. The second-order valence-corrected chi connectivity index (χ2v) is 7.49. The van der Waals surface area contributed by atoms with Crippen LogP contribution >= 0.6 is 0 Å². The number of fused-ring (bicyclic) bond motifs is 1. The molecular formula is C23H26N2O3. The smallest absolute Gasteiger partial charge is 0.253 e. The van der Waals surface area contributed by atoms with E-state index in [1.807, 2.05) is 69.3 Å². The highest BCUT2D eigenvalue weighted by Crippen LogP contribution is 2.23. The molecule has 3 aromatic rings. The van der Waals surface area contributed by atoms with Crippen LogP contribution in [0, 0.1) is 12.8 Å². The van der Waals surface area contributed by atoms with Gasteiger partial charge < -0.3 is 14.6 Å². The number of ether oxygens (including phenoxy) is 1. The van der Waals surface area contributed by atoms with Gasteiger partial charge in [-0.05, 0) is 60.2 Å². The zero-order valence-electron chi connectivity index (χ0n) is 16.8. The number of hydrogen-bond acceptors (Lipinski definition) is 3. The number of benzene rings is 2. The van der Waals surface area contributed by atoms with E-state index in [0.717, 1.165) is 27.9 Å². The summed E-state index contributed by atoms with van der Waals surface area (Å²) in [6, 6.07) is 15.1. The normalized spacial score (nSPS) is 11.0. The van der Waals surface area contributed by atoms with Crippen molar-refractivity contribution in [3.63, 3.8) is 0 Å². The third kappa shape index (κ3) is 4.42. The number of rotatable bonds is 6. The Morgan fingerprint density at radius 3 is 2.46 bits per heavy atom. The Bertz CT molecular complexity index is 1040. The average molecular weight is 378 g/mol. The number of carbonyl (C=O) groups excluding carboxylic acids is 1. The summed E-state index contributed by atoms with van der Waals surface area (Å²) < 4.78 is 5.21. The summed E-state index contributed by atoms with van der Waals surface area (Å²) in [5, 5.41) is 0.950. The molecule has 0 atom stereocenters. The molecule has 0 saturated heterocycles. The number of H-pyrrole nitrogens is 1. The predicted octanol–water partition coefficient (Wildman–Crippen LogP) is 4.42. The van der Waals surface area contributed by atoms with Crippen LogP contribution in [0.25, 0.3) is 10.9 Å². The lowest BCUT2D eigenvalue weighted by molar-refractivity contribution is -0.119. The molecule has 28 heavy (non-hydrogen) atoms. The van der Waals surface area contributed by atoms with E-state index in [2.05, 4.69) is 4.98 Å². The summed E-state index contributed by atoms with van der Waals surface area (Å²) in [7, 11) is 1.60. The number of hydrogen-bond donors (Lipinski definition) is 1. The number of carbonyl (C=O) groups is 1. The van der Waals surface area contributed by atoms with E-state index in [9.17, 15) is 9.59 Å². The van der Waals surface area contributed by atoms with E-state index >= 15 is 0 Å². The number of methoxy groups -OCH3 is 1. The fourth-order valence-corrected chi connectivity index (χ4v) is 3.19. The van der Waals surface area contributed by atoms with Gasteiger partial charge in [-0.3, -0.25) is 9.59 Å². The molecular weight excluding hydrogens is 352 g/mol. The third-order valence-electron chi connectivity index (χ3n) is 4.67. The predicted molar refractivity (Wildman–Crippen MR) is 113 cm³/mol. The van der Waals surface area contributed by atoms with Gasteiger partial charge in [-0.15, -0.1) is 0 Å². The molecule has 0 saturated carbocycles. The summed E-state index contributed by atoms with van der Waals surface area (Å²) in [4.78, 5) is 30.2. The number of aromatic nitrogens is 1. The van der Waals surface area contributed by atoms with Crippen LogP contribution < -0.4 is 15.2 Å². The number of pyridine rings is 1. The van der Waals surface area contributed by atoms with E-state index in [-0.39, 0.29) is 23.9 Å². The lowest BCUT2D eigenvalue weighted by Crippen LogP contribution is -2.33. The Balaban J connectivity index is 1.99. The molecule has 0 unspecified atom stereocenters. The molecule has 0 aliphatic carbocycles. The number of nitrogens with zero attached hydrogens (tertiary/aromatic N) is 1. The first kappa shape index (κ1) is 19.7. The van der Waals surface area contributed by atoms with Gasteiger partial charge in [-0.2, -0.15) is 0 Å². The lowest BCUT2D eigenvalue weighted by Gasteiger charge is -2.24. The summed E-state index contributed by atoms with van der Waals surface area (Å²) in [6.07, 6.45) is 0.413. The van der Waals surface area contributed by atoms with Crippen LogP contribution in [0.2, 0.25) is 0 Å². The Labute approximate surface area is 165 Å². The molecule has 1 heterocycles. The van der Waals surface area contributed by atoms with Gasteiger partial charge in [0.15, 0.2) is 0 Å². The van der Waals surface area contributed by atoms with Crippen molar-refractivity contribution in [1.82, 2.24) is 4.98 Å². The van der Waals surface area contributed by atoms with Crippen molar-refractivity contribution < 1.29 is 9.53 Å². The highest BCUT2D eigenvalue weighted by Gasteiger charge is 2.19. The molecule has 3 rings (SSSR count). The zero-order chi connectivity index (χ0) is 20.3. The molecule has 5 nitrogen and oxygen atoms in total. The van der Waals surface area contributed by atoms with Gasteiger partial charge in [0.25, 0.3) is 5.56 Å². The first-order chi connectivity index (χ1) is 13.4. The molecule has 0 spiro atoms. The first-order valence-corrected chi connectivity index (χ1v) is 9.44. The first-order valence-electron chi connectivity index (χ1n) is 9.44. The molecule has 1 amide bonds. The highest BCUT2D eigenvalue weighted by molar-refractivity contribution is 5.93. The molecule has 0 bridgehead atoms. The van der Waals surface area contributed by atoms with E-state index in [1.165, 1.54) is 0 Å². The van der Waals surface area contributed by atoms with Gasteiger partial charge in [0, 0.05) is 23.2 Å². The number of nitrogens with one attached hydrogen (secondary N) is 1. The number of aromatic amines is 1. The van der Waals surface area contributed by atoms with Crippen LogP contribution in [0.4, 0.5) is 5.69 Å².